The highest BCUT2D eigenvalue weighted by Crippen LogP contribution is 2.34. The maximum Gasteiger partial charge on any atom is 0.416 e. The van der Waals surface area contributed by atoms with Gasteiger partial charge in [0.25, 0.3) is 5.91 Å². The number of carbonyl (C=O) groups is 2. The molecule has 0 saturated carbocycles. The van der Waals surface area contributed by atoms with Crippen LogP contribution in [-0.2, 0) is 11.2 Å². The highest BCUT2D eigenvalue weighted by atomic mass is 35.5. The number of rotatable bonds is 7. The lowest BCUT2D eigenvalue weighted by atomic mass is 9.92. The van der Waals surface area contributed by atoms with Crippen LogP contribution in [0, 0.1) is 0 Å². The molecule has 1 saturated heterocycles. The number of hydrogen-bond acceptors (Lipinski definition) is 6. The summed E-state index contributed by atoms with van der Waals surface area (Å²) in [4.78, 5) is 35.9. The van der Waals surface area contributed by atoms with E-state index in [0.717, 1.165) is 61.0 Å². The van der Waals surface area contributed by atoms with Crippen LogP contribution in [-0.4, -0.2) is 90.0 Å². The van der Waals surface area contributed by atoms with Crippen LogP contribution in [0.2, 0.25) is 0 Å². The number of piperazine rings is 1. The summed E-state index contributed by atoms with van der Waals surface area (Å²) in [6.45, 7) is 6.84. The molecule has 2 amide bonds. The van der Waals surface area contributed by atoms with Crippen LogP contribution in [0.4, 0.5) is 4.79 Å². The van der Waals surface area contributed by atoms with Gasteiger partial charge in [-0.15, -0.1) is 11.6 Å². The quantitative estimate of drug-likeness (QED) is 0.417. The first kappa shape index (κ1) is 29.1. The molecule has 2 unspecified atom stereocenters. The van der Waals surface area contributed by atoms with E-state index < -0.39 is 12.1 Å². The number of likely N-dealkylation sites (N-methyl/N-ethyl adjacent to an activating group) is 1. The third kappa shape index (κ3) is 6.24. The van der Waals surface area contributed by atoms with E-state index in [1.54, 1.807) is 36.3 Å². The second-order valence-electron chi connectivity index (χ2n) is 11.0. The van der Waals surface area contributed by atoms with Crippen LogP contribution in [0.3, 0.4) is 0 Å². The van der Waals surface area contributed by atoms with E-state index in [2.05, 4.69) is 29.0 Å². The summed E-state index contributed by atoms with van der Waals surface area (Å²) < 4.78 is 16.9. The Kier molecular flexibility index (Phi) is 8.63. The number of methoxy groups -OCH3 is 1. The molecule has 10 heteroatoms. The Labute approximate surface area is 256 Å². The number of aromatic amines is 1. The van der Waals surface area contributed by atoms with Crippen LogP contribution in [0.1, 0.15) is 36.2 Å². The number of aromatic nitrogens is 1. The summed E-state index contributed by atoms with van der Waals surface area (Å²) in [5, 5.41) is 2.10. The van der Waals surface area contributed by atoms with Crippen molar-refractivity contribution in [3.63, 3.8) is 0 Å². The number of nitrogens with zero attached hydrogens (tertiary/aromatic N) is 3. The number of halogens is 1. The van der Waals surface area contributed by atoms with Crippen molar-refractivity contribution < 1.29 is 23.8 Å². The standard InChI is InChI=1S/C33H37ClN4O5/c1-3-36-16-18-37(19-17-36)30(39)21-42-25-7-4-22(5-8-25)32-31-27(28-20-23(34)6-13-29(28)35-31)14-15-38(32)33(40)43-26-11-9-24(41-2)10-12-26/h4-5,7-13,20,23,32,35H,3,6,14-19,21H2,1-2H3. The summed E-state index contributed by atoms with van der Waals surface area (Å²) in [6, 6.07) is 14.2. The van der Waals surface area contributed by atoms with Gasteiger partial charge in [-0.3, -0.25) is 9.69 Å². The van der Waals surface area contributed by atoms with Gasteiger partial charge in [0, 0.05) is 49.0 Å². The maximum atomic E-state index is 13.6. The van der Waals surface area contributed by atoms with Gasteiger partial charge in [0.2, 0.25) is 0 Å². The summed E-state index contributed by atoms with van der Waals surface area (Å²) in [6.07, 6.45) is 5.22. The first-order valence-corrected chi connectivity index (χ1v) is 15.3. The zero-order valence-electron chi connectivity index (χ0n) is 24.6. The van der Waals surface area contributed by atoms with E-state index in [1.165, 1.54) is 5.56 Å². The first-order valence-electron chi connectivity index (χ1n) is 14.9. The number of benzene rings is 2. The van der Waals surface area contributed by atoms with Crippen molar-refractivity contribution in [2.24, 2.45) is 0 Å². The molecule has 1 aliphatic carbocycles. The predicted octanol–water partition coefficient (Wildman–Crippen LogP) is 3.28. The minimum atomic E-state index is -0.439. The molecule has 1 N–H and O–H groups in total. The predicted molar refractivity (Wildman–Crippen MR) is 165 cm³/mol. The molecular formula is C33H37ClN4O5. The molecule has 2 aromatic carbocycles. The van der Waals surface area contributed by atoms with E-state index in [4.69, 9.17) is 25.8 Å². The fourth-order valence-electron chi connectivity index (χ4n) is 6.09. The second-order valence-corrected chi connectivity index (χ2v) is 11.6. The number of fused-ring (bicyclic) bond motifs is 3. The molecule has 226 valence electrons. The van der Waals surface area contributed by atoms with Crippen LogP contribution < -0.4 is 24.8 Å². The topological polar surface area (TPSA) is 87.3 Å². The lowest BCUT2D eigenvalue weighted by molar-refractivity contribution is -0.135. The van der Waals surface area contributed by atoms with Gasteiger partial charge in [0.15, 0.2) is 6.61 Å². The van der Waals surface area contributed by atoms with Crippen molar-refractivity contribution in [2.45, 2.75) is 31.2 Å². The molecule has 3 aromatic rings. The van der Waals surface area contributed by atoms with Gasteiger partial charge in [-0.25, -0.2) is 4.79 Å². The summed E-state index contributed by atoms with van der Waals surface area (Å²) in [7, 11) is 1.59. The molecular weight excluding hydrogens is 568 g/mol. The van der Waals surface area contributed by atoms with Gasteiger partial charge in [-0.2, -0.15) is 0 Å². The number of hydrogen-bond donors (Lipinski definition) is 1. The van der Waals surface area contributed by atoms with Crippen molar-refractivity contribution in [1.29, 1.82) is 0 Å². The Morgan fingerprint density at radius 2 is 1.65 bits per heavy atom. The molecule has 9 nitrogen and oxygen atoms in total. The van der Waals surface area contributed by atoms with E-state index >= 15 is 0 Å². The molecule has 6 rings (SSSR count). The monoisotopic (exact) mass is 604 g/mol. The highest BCUT2D eigenvalue weighted by Gasteiger charge is 2.36. The SMILES string of the molecule is CCN1CCN(C(=O)COc2ccc(C3c4[nH]c5c(c4CCN3C(=O)Oc3ccc(OC)cc3)=CC(Cl)CC=5)cc2)CC1. The van der Waals surface area contributed by atoms with E-state index in [9.17, 15) is 9.59 Å². The molecule has 2 aliphatic heterocycles. The molecule has 0 radical (unpaired) electrons. The largest absolute Gasteiger partial charge is 0.497 e. The Balaban J connectivity index is 1.23. The molecule has 3 aliphatic rings. The first-order chi connectivity index (χ1) is 20.9. The number of amides is 2. The van der Waals surface area contributed by atoms with Crippen molar-refractivity contribution in [3.05, 3.63) is 75.9 Å². The van der Waals surface area contributed by atoms with Gasteiger partial charge < -0.3 is 29.0 Å². The molecule has 2 atom stereocenters. The second kappa shape index (κ2) is 12.7. The summed E-state index contributed by atoms with van der Waals surface area (Å²) in [5.41, 5.74) is 3.03. The Bertz CT molecular complexity index is 1580. The van der Waals surface area contributed by atoms with E-state index in [-0.39, 0.29) is 17.9 Å². The number of carbonyl (C=O) groups excluding carboxylic acids is 2. The fraction of sp³-hybridized carbons (Fsp3) is 0.394. The van der Waals surface area contributed by atoms with Gasteiger partial charge in [0.05, 0.1) is 12.5 Å². The van der Waals surface area contributed by atoms with Crippen molar-refractivity contribution in [2.75, 3.05) is 53.0 Å². The Morgan fingerprint density at radius 1 is 0.953 bits per heavy atom. The highest BCUT2D eigenvalue weighted by molar-refractivity contribution is 6.24. The average molecular weight is 605 g/mol. The minimum Gasteiger partial charge on any atom is -0.497 e. The Hall–Kier alpha value is -3.95. The summed E-state index contributed by atoms with van der Waals surface area (Å²) >= 11 is 6.48. The summed E-state index contributed by atoms with van der Waals surface area (Å²) in [5.74, 6) is 1.72. The minimum absolute atomic E-state index is 0.00598. The fourth-order valence-corrected chi connectivity index (χ4v) is 6.30. The van der Waals surface area contributed by atoms with E-state index in [1.807, 2.05) is 29.2 Å². The third-order valence-corrected chi connectivity index (χ3v) is 8.83. The van der Waals surface area contributed by atoms with Gasteiger partial charge in [-0.1, -0.05) is 31.2 Å². The normalized spacial score (nSPS) is 19.9. The number of H-pyrrole nitrogens is 1. The number of ether oxygens (including phenoxy) is 3. The average Bonchev–Trinajstić information content (AvgIpc) is 3.41. The number of alkyl halides is 1. The van der Waals surface area contributed by atoms with Gasteiger partial charge in [0.1, 0.15) is 23.3 Å². The van der Waals surface area contributed by atoms with Crippen LogP contribution >= 0.6 is 11.6 Å². The van der Waals surface area contributed by atoms with Crippen LogP contribution in [0.25, 0.3) is 12.2 Å². The van der Waals surface area contributed by atoms with Crippen LogP contribution in [0.15, 0.2) is 48.5 Å². The zero-order chi connectivity index (χ0) is 29.9. The molecule has 1 aromatic heterocycles. The molecule has 0 bridgehead atoms. The van der Waals surface area contributed by atoms with Crippen molar-refractivity contribution in [1.82, 2.24) is 19.7 Å². The van der Waals surface area contributed by atoms with Crippen LogP contribution in [0.5, 0.6) is 17.2 Å². The number of nitrogens with one attached hydrogen (secondary N) is 1. The molecule has 0 spiro atoms. The lowest BCUT2D eigenvalue weighted by Crippen LogP contribution is -2.49. The molecule has 3 heterocycles. The molecule has 1 fully saturated rings. The smallest absolute Gasteiger partial charge is 0.416 e. The third-order valence-electron chi connectivity index (χ3n) is 8.52. The molecule has 43 heavy (non-hydrogen) atoms. The Morgan fingerprint density at radius 3 is 2.35 bits per heavy atom. The van der Waals surface area contributed by atoms with E-state index in [0.29, 0.717) is 30.2 Å². The van der Waals surface area contributed by atoms with Crippen molar-refractivity contribution in [3.8, 4) is 17.2 Å². The van der Waals surface area contributed by atoms with Gasteiger partial charge in [-0.05, 0) is 66.9 Å². The van der Waals surface area contributed by atoms with Crippen molar-refractivity contribution >= 4 is 35.8 Å². The maximum absolute atomic E-state index is 13.6. The lowest BCUT2D eigenvalue weighted by Gasteiger charge is -2.35. The van der Waals surface area contributed by atoms with Gasteiger partial charge >= 0.3 is 6.09 Å². The zero-order valence-corrected chi connectivity index (χ0v) is 25.3.